The lowest BCUT2D eigenvalue weighted by molar-refractivity contribution is -0.137. The van der Waals surface area contributed by atoms with Crippen molar-refractivity contribution < 1.29 is 9.59 Å². The first-order valence-electron chi connectivity index (χ1n) is 9.61. The standard InChI is InChI=1S/C22H28N4O2/c1-22(2)11-13-26(14-12-22)19-9-7-18(8-10-19)25-17-5-3-16(4-6-17)15-24-21(28)20(23)27/h3-10,25H,11-15H2,1-2H3,(H2,23,27)(H,24,28). The minimum atomic E-state index is -0.977. The molecule has 28 heavy (non-hydrogen) atoms. The predicted molar refractivity (Wildman–Crippen MR) is 112 cm³/mol. The van der Waals surface area contributed by atoms with Crippen molar-refractivity contribution in [3.63, 3.8) is 0 Å². The largest absolute Gasteiger partial charge is 0.371 e. The Balaban J connectivity index is 1.54. The summed E-state index contributed by atoms with van der Waals surface area (Å²) in [6.45, 7) is 7.16. The number of hydrogen-bond donors (Lipinski definition) is 3. The van der Waals surface area contributed by atoms with Crippen molar-refractivity contribution in [3.8, 4) is 0 Å². The number of hydrogen-bond acceptors (Lipinski definition) is 4. The van der Waals surface area contributed by atoms with Crippen molar-refractivity contribution in [2.24, 2.45) is 11.1 Å². The fourth-order valence-corrected chi connectivity index (χ4v) is 3.27. The SMILES string of the molecule is CC1(C)CCN(c2ccc(Nc3ccc(CNC(=O)C(N)=O)cc3)cc2)CC1. The molecule has 1 saturated heterocycles. The molecule has 1 aliphatic heterocycles. The molecule has 0 atom stereocenters. The van der Waals surface area contributed by atoms with Crippen LogP contribution in [-0.2, 0) is 16.1 Å². The van der Waals surface area contributed by atoms with E-state index in [1.807, 2.05) is 24.3 Å². The average Bonchev–Trinajstić information content (AvgIpc) is 2.68. The molecule has 6 nitrogen and oxygen atoms in total. The monoisotopic (exact) mass is 380 g/mol. The van der Waals surface area contributed by atoms with Gasteiger partial charge in [0.25, 0.3) is 0 Å². The van der Waals surface area contributed by atoms with E-state index in [4.69, 9.17) is 5.73 Å². The van der Waals surface area contributed by atoms with E-state index in [1.54, 1.807) is 0 Å². The maximum atomic E-state index is 11.2. The van der Waals surface area contributed by atoms with Crippen molar-refractivity contribution in [1.29, 1.82) is 0 Å². The van der Waals surface area contributed by atoms with E-state index in [0.29, 0.717) is 5.41 Å². The smallest absolute Gasteiger partial charge is 0.309 e. The molecule has 1 fully saturated rings. The van der Waals surface area contributed by atoms with Gasteiger partial charge < -0.3 is 21.3 Å². The first kappa shape index (κ1) is 19.7. The van der Waals surface area contributed by atoms with Crippen molar-refractivity contribution in [2.75, 3.05) is 23.3 Å². The van der Waals surface area contributed by atoms with Crippen LogP contribution in [0.2, 0.25) is 0 Å². The van der Waals surface area contributed by atoms with Crippen LogP contribution in [0.15, 0.2) is 48.5 Å². The number of anilines is 3. The van der Waals surface area contributed by atoms with Gasteiger partial charge in [0.05, 0.1) is 0 Å². The quantitative estimate of drug-likeness (QED) is 0.696. The Hall–Kier alpha value is -3.02. The number of nitrogens with zero attached hydrogens (tertiary/aromatic N) is 1. The molecule has 4 N–H and O–H groups in total. The molecule has 6 heteroatoms. The molecule has 0 spiro atoms. The van der Waals surface area contributed by atoms with Crippen molar-refractivity contribution in [1.82, 2.24) is 5.32 Å². The lowest BCUT2D eigenvalue weighted by Gasteiger charge is -2.38. The summed E-state index contributed by atoms with van der Waals surface area (Å²) in [4.78, 5) is 24.4. The number of benzene rings is 2. The fourth-order valence-electron chi connectivity index (χ4n) is 3.27. The fraction of sp³-hybridized carbons (Fsp3) is 0.364. The number of carbonyl (C=O) groups excluding carboxylic acids is 2. The maximum Gasteiger partial charge on any atom is 0.309 e. The zero-order valence-corrected chi connectivity index (χ0v) is 16.5. The Labute approximate surface area is 166 Å². The third kappa shape index (κ3) is 5.25. The van der Waals surface area contributed by atoms with Crippen LogP contribution < -0.4 is 21.3 Å². The Morgan fingerprint density at radius 1 is 0.964 bits per heavy atom. The summed E-state index contributed by atoms with van der Waals surface area (Å²) >= 11 is 0. The Kier molecular flexibility index (Phi) is 5.87. The molecule has 2 aromatic rings. The second-order valence-electron chi connectivity index (χ2n) is 8.07. The van der Waals surface area contributed by atoms with E-state index in [2.05, 4.69) is 53.6 Å². The van der Waals surface area contributed by atoms with E-state index in [0.717, 1.165) is 30.0 Å². The number of nitrogens with two attached hydrogens (primary N) is 1. The summed E-state index contributed by atoms with van der Waals surface area (Å²) in [7, 11) is 0. The number of primary amides is 1. The topological polar surface area (TPSA) is 87.5 Å². The van der Waals surface area contributed by atoms with Crippen LogP contribution in [-0.4, -0.2) is 24.9 Å². The number of nitrogens with one attached hydrogen (secondary N) is 2. The van der Waals surface area contributed by atoms with E-state index in [-0.39, 0.29) is 6.54 Å². The van der Waals surface area contributed by atoms with Gasteiger partial charge in [-0.1, -0.05) is 26.0 Å². The van der Waals surface area contributed by atoms with Crippen LogP contribution in [0.25, 0.3) is 0 Å². The lowest BCUT2D eigenvalue weighted by Crippen LogP contribution is -2.37. The van der Waals surface area contributed by atoms with E-state index in [1.165, 1.54) is 18.5 Å². The van der Waals surface area contributed by atoms with Gasteiger partial charge >= 0.3 is 11.8 Å². The Morgan fingerprint density at radius 2 is 1.50 bits per heavy atom. The van der Waals surface area contributed by atoms with Gasteiger partial charge in [0, 0.05) is 36.7 Å². The number of piperidine rings is 1. The summed E-state index contributed by atoms with van der Waals surface area (Å²) in [5, 5.41) is 5.85. The Bertz CT molecular complexity index is 819. The molecule has 3 rings (SSSR count). The molecule has 0 unspecified atom stereocenters. The normalized spacial score (nSPS) is 15.7. The van der Waals surface area contributed by atoms with Crippen LogP contribution in [0.5, 0.6) is 0 Å². The van der Waals surface area contributed by atoms with Crippen LogP contribution in [0.3, 0.4) is 0 Å². The van der Waals surface area contributed by atoms with Gasteiger partial charge in [-0.2, -0.15) is 0 Å². The van der Waals surface area contributed by atoms with Gasteiger partial charge in [-0.25, -0.2) is 0 Å². The van der Waals surface area contributed by atoms with Crippen molar-refractivity contribution >= 4 is 28.9 Å². The van der Waals surface area contributed by atoms with E-state index < -0.39 is 11.8 Å². The van der Waals surface area contributed by atoms with Gasteiger partial charge in [0.2, 0.25) is 0 Å². The molecule has 1 aliphatic rings. The Morgan fingerprint density at radius 3 is 2.04 bits per heavy atom. The summed E-state index contributed by atoms with van der Waals surface area (Å²) in [5.41, 5.74) is 9.50. The number of carbonyl (C=O) groups is 2. The van der Waals surface area contributed by atoms with Crippen LogP contribution >= 0.6 is 0 Å². The van der Waals surface area contributed by atoms with Gasteiger partial charge in [0.1, 0.15) is 0 Å². The minimum absolute atomic E-state index is 0.267. The predicted octanol–water partition coefficient (Wildman–Crippen LogP) is 3.16. The molecule has 0 saturated carbocycles. The molecular formula is C22H28N4O2. The van der Waals surface area contributed by atoms with Gasteiger partial charge in [-0.15, -0.1) is 0 Å². The highest BCUT2D eigenvalue weighted by atomic mass is 16.2. The summed E-state index contributed by atoms with van der Waals surface area (Å²) in [6.07, 6.45) is 2.44. The molecule has 0 aliphatic carbocycles. The van der Waals surface area contributed by atoms with Crippen LogP contribution in [0, 0.1) is 5.41 Å². The first-order chi connectivity index (χ1) is 13.3. The zero-order chi connectivity index (χ0) is 20.1. The number of amides is 2. The van der Waals surface area contributed by atoms with Gasteiger partial charge in [-0.05, 0) is 60.2 Å². The summed E-state index contributed by atoms with van der Waals surface area (Å²) < 4.78 is 0. The summed E-state index contributed by atoms with van der Waals surface area (Å²) in [5.74, 6) is -1.76. The van der Waals surface area contributed by atoms with Gasteiger partial charge in [-0.3, -0.25) is 9.59 Å². The molecule has 0 bridgehead atoms. The lowest BCUT2D eigenvalue weighted by atomic mass is 9.82. The second kappa shape index (κ2) is 8.33. The van der Waals surface area contributed by atoms with Gasteiger partial charge in [0.15, 0.2) is 0 Å². The van der Waals surface area contributed by atoms with Crippen molar-refractivity contribution in [3.05, 3.63) is 54.1 Å². The molecule has 0 radical (unpaired) electrons. The third-order valence-electron chi connectivity index (χ3n) is 5.27. The van der Waals surface area contributed by atoms with Crippen LogP contribution in [0.1, 0.15) is 32.3 Å². The first-order valence-corrected chi connectivity index (χ1v) is 9.61. The van der Waals surface area contributed by atoms with Crippen molar-refractivity contribution in [2.45, 2.75) is 33.2 Å². The molecular weight excluding hydrogens is 352 g/mol. The maximum absolute atomic E-state index is 11.2. The molecule has 0 aromatic heterocycles. The average molecular weight is 380 g/mol. The third-order valence-corrected chi connectivity index (χ3v) is 5.27. The molecule has 2 amide bonds. The van der Waals surface area contributed by atoms with Crippen LogP contribution in [0.4, 0.5) is 17.1 Å². The number of rotatable bonds is 5. The van der Waals surface area contributed by atoms with E-state index in [9.17, 15) is 9.59 Å². The second-order valence-corrected chi connectivity index (χ2v) is 8.07. The summed E-state index contributed by atoms with van der Waals surface area (Å²) in [6, 6.07) is 16.2. The highest BCUT2D eigenvalue weighted by molar-refractivity contribution is 6.34. The van der Waals surface area contributed by atoms with E-state index >= 15 is 0 Å². The minimum Gasteiger partial charge on any atom is -0.371 e. The highest BCUT2D eigenvalue weighted by Gasteiger charge is 2.25. The molecule has 148 valence electrons. The highest BCUT2D eigenvalue weighted by Crippen LogP contribution is 2.32. The zero-order valence-electron chi connectivity index (χ0n) is 16.5. The molecule has 1 heterocycles. The molecule has 2 aromatic carbocycles.